The van der Waals surface area contributed by atoms with Gasteiger partial charge in [-0.1, -0.05) is 13.0 Å². The van der Waals surface area contributed by atoms with Crippen molar-refractivity contribution in [1.82, 2.24) is 15.1 Å². The van der Waals surface area contributed by atoms with Gasteiger partial charge in [-0.2, -0.15) is 0 Å². The van der Waals surface area contributed by atoms with E-state index in [9.17, 15) is 9.90 Å². The van der Waals surface area contributed by atoms with E-state index < -0.39 is 0 Å². The van der Waals surface area contributed by atoms with Gasteiger partial charge in [0.2, 0.25) is 5.91 Å². The van der Waals surface area contributed by atoms with Gasteiger partial charge in [0.05, 0.1) is 12.6 Å². The number of carbonyl (C=O) groups is 1. The molecular weight excluding hydrogens is 302 g/mol. The first-order valence-corrected chi connectivity index (χ1v) is 9.60. The lowest BCUT2D eigenvalue weighted by Crippen LogP contribution is -2.51. The van der Waals surface area contributed by atoms with Crippen molar-refractivity contribution < 1.29 is 9.90 Å². The number of piperazine rings is 1. The van der Waals surface area contributed by atoms with Crippen LogP contribution >= 0.6 is 0 Å². The fraction of sp³-hybridized carbons (Fsp3) is 0.842. The lowest BCUT2D eigenvalue weighted by atomic mass is 9.87. The van der Waals surface area contributed by atoms with Crippen molar-refractivity contribution in [3.05, 3.63) is 12.7 Å². The first-order valence-electron chi connectivity index (χ1n) is 9.60. The highest BCUT2D eigenvalue weighted by atomic mass is 16.3. The Kier molecular flexibility index (Phi) is 8.22. The summed E-state index contributed by atoms with van der Waals surface area (Å²) < 4.78 is 0. The van der Waals surface area contributed by atoms with Gasteiger partial charge in [-0.05, 0) is 44.4 Å². The van der Waals surface area contributed by atoms with Crippen LogP contribution in [0.1, 0.15) is 45.4 Å². The van der Waals surface area contributed by atoms with Crippen LogP contribution < -0.4 is 5.32 Å². The normalized spacial score (nSPS) is 27.6. The predicted octanol–water partition coefficient (Wildman–Crippen LogP) is 1.63. The summed E-state index contributed by atoms with van der Waals surface area (Å²) in [4.78, 5) is 16.7. The lowest BCUT2D eigenvalue weighted by molar-refractivity contribution is -0.123. The van der Waals surface area contributed by atoms with E-state index in [4.69, 9.17) is 0 Å². The van der Waals surface area contributed by atoms with Crippen LogP contribution in [-0.4, -0.2) is 72.2 Å². The zero-order chi connectivity index (χ0) is 17.4. The largest absolute Gasteiger partial charge is 0.392 e. The van der Waals surface area contributed by atoms with Gasteiger partial charge in [0, 0.05) is 38.8 Å². The van der Waals surface area contributed by atoms with Crippen molar-refractivity contribution in [3.63, 3.8) is 0 Å². The number of amides is 1. The molecule has 0 radical (unpaired) electrons. The molecule has 138 valence electrons. The highest BCUT2D eigenvalue weighted by molar-refractivity contribution is 5.78. The van der Waals surface area contributed by atoms with E-state index in [0.29, 0.717) is 12.6 Å². The summed E-state index contributed by atoms with van der Waals surface area (Å²) in [7, 11) is 0. The maximum Gasteiger partial charge on any atom is 0.234 e. The number of β-amino-alcohol motifs (C(OH)–C–C–N with tert-alkyl or cyclic N) is 1. The number of hydrogen-bond donors (Lipinski definition) is 2. The maximum absolute atomic E-state index is 12.2. The zero-order valence-corrected chi connectivity index (χ0v) is 15.3. The van der Waals surface area contributed by atoms with Crippen LogP contribution in [0.4, 0.5) is 0 Å². The topological polar surface area (TPSA) is 55.8 Å². The summed E-state index contributed by atoms with van der Waals surface area (Å²) in [5.74, 6) is 0.988. The van der Waals surface area contributed by atoms with Gasteiger partial charge < -0.3 is 10.4 Å². The summed E-state index contributed by atoms with van der Waals surface area (Å²) in [5, 5.41) is 13.2. The Morgan fingerprint density at radius 3 is 2.46 bits per heavy atom. The second-order valence-electron chi connectivity index (χ2n) is 7.62. The van der Waals surface area contributed by atoms with Crippen LogP contribution in [0.25, 0.3) is 0 Å². The molecule has 5 nitrogen and oxygen atoms in total. The molecular formula is C19H35N3O2. The van der Waals surface area contributed by atoms with Crippen LogP contribution in [0.5, 0.6) is 0 Å². The van der Waals surface area contributed by atoms with Gasteiger partial charge >= 0.3 is 0 Å². The molecule has 0 bridgehead atoms. The van der Waals surface area contributed by atoms with Crippen molar-refractivity contribution in [1.29, 1.82) is 0 Å². The molecule has 2 rings (SSSR count). The minimum absolute atomic E-state index is 0.175. The van der Waals surface area contributed by atoms with Gasteiger partial charge in [-0.25, -0.2) is 0 Å². The van der Waals surface area contributed by atoms with Crippen molar-refractivity contribution in [2.45, 2.75) is 57.6 Å². The molecule has 0 spiro atoms. The number of allylic oxidation sites excluding steroid dienone is 1. The molecule has 2 aliphatic rings. The molecule has 0 aromatic rings. The minimum atomic E-state index is -0.272. The van der Waals surface area contributed by atoms with Crippen LogP contribution in [0.3, 0.4) is 0 Å². The third-order valence-electron chi connectivity index (χ3n) is 5.39. The molecule has 1 saturated heterocycles. The van der Waals surface area contributed by atoms with Gasteiger partial charge in [0.15, 0.2) is 0 Å². The highest BCUT2D eigenvalue weighted by Gasteiger charge is 2.23. The van der Waals surface area contributed by atoms with Crippen LogP contribution in [-0.2, 0) is 4.79 Å². The predicted molar refractivity (Wildman–Crippen MR) is 97.9 cm³/mol. The molecule has 1 saturated carbocycles. The zero-order valence-electron chi connectivity index (χ0n) is 15.3. The average molecular weight is 338 g/mol. The van der Waals surface area contributed by atoms with E-state index in [0.717, 1.165) is 64.3 Å². The molecule has 5 heteroatoms. The Morgan fingerprint density at radius 2 is 1.83 bits per heavy atom. The third kappa shape index (κ3) is 6.91. The number of hydrogen-bond acceptors (Lipinski definition) is 4. The summed E-state index contributed by atoms with van der Waals surface area (Å²) >= 11 is 0. The van der Waals surface area contributed by atoms with E-state index in [1.807, 2.05) is 6.08 Å². The second-order valence-corrected chi connectivity index (χ2v) is 7.62. The molecule has 0 aromatic carbocycles. The van der Waals surface area contributed by atoms with Crippen LogP contribution in [0, 0.1) is 5.92 Å². The van der Waals surface area contributed by atoms with Gasteiger partial charge in [-0.15, -0.1) is 6.58 Å². The molecule has 2 N–H and O–H groups in total. The molecule has 1 unspecified atom stereocenters. The van der Waals surface area contributed by atoms with Crippen LogP contribution in [0.15, 0.2) is 12.7 Å². The van der Waals surface area contributed by atoms with E-state index in [1.54, 1.807) is 0 Å². The monoisotopic (exact) mass is 337 g/mol. The Bertz CT molecular complexity index is 386. The Balaban J connectivity index is 1.60. The SMILES string of the molecule is C=CCCC(O)CN1CCN(CC(=O)NC2CCC(C)CC2)CC1. The number of aliphatic hydroxyl groups is 1. The number of nitrogens with zero attached hydrogens (tertiary/aromatic N) is 2. The summed E-state index contributed by atoms with van der Waals surface area (Å²) in [6, 6.07) is 0.384. The fourth-order valence-corrected chi connectivity index (χ4v) is 3.71. The molecule has 24 heavy (non-hydrogen) atoms. The van der Waals surface area contributed by atoms with E-state index in [-0.39, 0.29) is 12.0 Å². The number of rotatable bonds is 8. The first-order chi connectivity index (χ1) is 11.6. The molecule has 1 atom stereocenters. The maximum atomic E-state index is 12.2. The molecule has 1 aliphatic carbocycles. The summed E-state index contributed by atoms with van der Waals surface area (Å²) in [5.41, 5.74) is 0. The summed E-state index contributed by atoms with van der Waals surface area (Å²) in [6.07, 6.45) is 7.95. The van der Waals surface area contributed by atoms with E-state index in [1.165, 1.54) is 12.8 Å². The lowest BCUT2D eigenvalue weighted by Gasteiger charge is -2.35. The van der Waals surface area contributed by atoms with Gasteiger partial charge in [0.1, 0.15) is 0 Å². The second kappa shape index (κ2) is 10.2. The average Bonchev–Trinajstić information content (AvgIpc) is 2.57. The van der Waals surface area contributed by atoms with Gasteiger partial charge in [-0.3, -0.25) is 14.6 Å². The molecule has 1 amide bonds. The Labute approximate surface area is 147 Å². The van der Waals surface area contributed by atoms with E-state index >= 15 is 0 Å². The molecule has 1 aliphatic heterocycles. The number of aliphatic hydroxyl groups excluding tert-OH is 1. The Hall–Kier alpha value is -0.910. The smallest absolute Gasteiger partial charge is 0.234 e. The third-order valence-corrected chi connectivity index (χ3v) is 5.39. The van der Waals surface area contributed by atoms with Crippen molar-refractivity contribution in [2.75, 3.05) is 39.3 Å². The Morgan fingerprint density at radius 1 is 1.21 bits per heavy atom. The van der Waals surface area contributed by atoms with Crippen molar-refractivity contribution in [2.24, 2.45) is 5.92 Å². The van der Waals surface area contributed by atoms with Gasteiger partial charge in [0.25, 0.3) is 0 Å². The quantitative estimate of drug-likeness (QED) is 0.661. The van der Waals surface area contributed by atoms with E-state index in [2.05, 4.69) is 28.6 Å². The molecule has 0 aromatic heterocycles. The minimum Gasteiger partial charge on any atom is -0.392 e. The highest BCUT2D eigenvalue weighted by Crippen LogP contribution is 2.23. The standard InChI is InChI=1S/C19H35N3O2/c1-3-4-5-18(23)14-21-10-12-22(13-11-21)15-19(24)20-17-8-6-16(2)7-9-17/h3,16-18,23H,1,4-15H2,2H3,(H,20,24). The van der Waals surface area contributed by atoms with Crippen molar-refractivity contribution >= 4 is 5.91 Å². The number of carbonyl (C=O) groups excluding carboxylic acids is 1. The fourth-order valence-electron chi connectivity index (χ4n) is 3.71. The summed E-state index contributed by atoms with van der Waals surface area (Å²) in [6.45, 7) is 10.9. The number of nitrogens with one attached hydrogen (secondary N) is 1. The molecule has 1 heterocycles. The first kappa shape index (κ1) is 19.4. The molecule has 2 fully saturated rings. The van der Waals surface area contributed by atoms with Crippen LogP contribution in [0.2, 0.25) is 0 Å². The van der Waals surface area contributed by atoms with Crippen molar-refractivity contribution in [3.8, 4) is 0 Å².